The van der Waals surface area contributed by atoms with Gasteiger partial charge in [0, 0.05) is 4.91 Å². The molecule has 2 aromatic carbocycles. The highest BCUT2D eigenvalue weighted by atomic mass is 19.4. The summed E-state index contributed by atoms with van der Waals surface area (Å²) in [6.45, 7) is 0. The number of nitrogens with zero attached hydrogens (tertiary/aromatic N) is 3. The fourth-order valence-corrected chi connectivity index (χ4v) is 2.03. The van der Waals surface area contributed by atoms with Crippen LogP contribution in [0.25, 0.3) is 16.0 Å². The van der Waals surface area contributed by atoms with Crippen LogP contribution in [0.1, 0.15) is 17.2 Å². The van der Waals surface area contributed by atoms with Gasteiger partial charge < -0.3 is 0 Å². The van der Waals surface area contributed by atoms with E-state index in [9.17, 15) is 13.2 Å². The summed E-state index contributed by atoms with van der Waals surface area (Å²) in [5.74, 6) is 0. The lowest BCUT2D eigenvalue weighted by atomic mass is 9.99. The normalized spacial score (nSPS) is 13.3. The Morgan fingerprint density at radius 2 is 1.55 bits per heavy atom. The molecule has 0 amide bonds. The van der Waals surface area contributed by atoms with Crippen LogP contribution in [0.15, 0.2) is 71.9 Å². The van der Waals surface area contributed by atoms with Gasteiger partial charge in [-0.2, -0.15) is 13.2 Å². The first-order chi connectivity index (χ1) is 10.5. The maximum absolute atomic E-state index is 13.3. The largest absolute Gasteiger partial charge is 0.416 e. The molecule has 0 fully saturated rings. The van der Waals surface area contributed by atoms with Crippen molar-refractivity contribution in [1.82, 2.24) is 0 Å². The van der Waals surface area contributed by atoms with Crippen molar-refractivity contribution in [2.75, 3.05) is 0 Å². The first kappa shape index (κ1) is 15.7. The summed E-state index contributed by atoms with van der Waals surface area (Å²) < 4.78 is 40.0. The minimum Gasteiger partial charge on any atom is -0.166 e. The van der Waals surface area contributed by atoms with E-state index >= 15 is 0 Å². The molecule has 2 rings (SSSR count). The molecule has 6 heteroatoms. The smallest absolute Gasteiger partial charge is 0.166 e. The van der Waals surface area contributed by atoms with E-state index in [0.29, 0.717) is 5.56 Å². The highest BCUT2D eigenvalue weighted by Gasteiger charge is 2.35. The van der Waals surface area contributed by atoms with Crippen LogP contribution in [0.3, 0.4) is 0 Å². The average molecular weight is 303 g/mol. The molecule has 22 heavy (non-hydrogen) atoms. The molecule has 0 aromatic heterocycles. The van der Waals surface area contributed by atoms with E-state index in [1.807, 2.05) is 0 Å². The predicted molar refractivity (Wildman–Crippen MR) is 78.8 cm³/mol. The number of halogens is 3. The Labute approximate surface area is 125 Å². The Kier molecular flexibility index (Phi) is 4.86. The third kappa shape index (κ3) is 3.90. The standard InChI is InChI=1S/C16H12F3N3/c17-16(18,19)14(12-7-3-1-4-8-12)11-15(21-22-20)13-9-5-2-6-10-13/h1-11,15H/b14-11+. The molecule has 0 aliphatic rings. The maximum atomic E-state index is 13.3. The van der Waals surface area contributed by atoms with E-state index in [1.165, 1.54) is 24.3 Å². The van der Waals surface area contributed by atoms with E-state index in [0.717, 1.165) is 6.08 Å². The average Bonchev–Trinajstić information content (AvgIpc) is 2.52. The molecule has 0 N–H and O–H groups in total. The van der Waals surface area contributed by atoms with Crippen molar-refractivity contribution in [2.45, 2.75) is 12.2 Å². The molecule has 0 saturated carbocycles. The number of alkyl halides is 3. The van der Waals surface area contributed by atoms with Crippen LogP contribution >= 0.6 is 0 Å². The van der Waals surface area contributed by atoms with Crippen molar-refractivity contribution in [3.63, 3.8) is 0 Å². The molecule has 0 aliphatic carbocycles. The minimum atomic E-state index is -4.54. The number of benzene rings is 2. The Morgan fingerprint density at radius 1 is 1.00 bits per heavy atom. The van der Waals surface area contributed by atoms with Gasteiger partial charge in [0.05, 0.1) is 11.6 Å². The van der Waals surface area contributed by atoms with Crippen molar-refractivity contribution >= 4 is 5.57 Å². The summed E-state index contributed by atoms with van der Waals surface area (Å²) in [7, 11) is 0. The van der Waals surface area contributed by atoms with E-state index in [2.05, 4.69) is 10.0 Å². The molecule has 0 radical (unpaired) electrons. The molecule has 112 valence electrons. The highest BCUT2D eigenvalue weighted by molar-refractivity contribution is 5.70. The van der Waals surface area contributed by atoms with Gasteiger partial charge in [-0.25, -0.2) is 0 Å². The lowest BCUT2D eigenvalue weighted by Gasteiger charge is -2.15. The number of azide groups is 1. The molecule has 0 bridgehead atoms. The van der Waals surface area contributed by atoms with Crippen LogP contribution in [0.2, 0.25) is 0 Å². The lowest BCUT2D eigenvalue weighted by molar-refractivity contribution is -0.0691. The molecular formula is C16H12F3N3. The number of rotatable bonds is 4. The number of allylic oxidation sites excluding steroid dienone is 1. The number of hydrogen-bond donors (Lipinski definition) is 0. The number of hydrogen-bond acceptors (Lipinski definition) is 1. The summed E-state index contributed by atoms with van der Waals surface area (Å²) in [4.78, 5) is 2.65. The van der Waals surface area contributed by atoms with Crippen LogP contribution in [0.4, 0.5) is 13.2 Å². The second-order valence-corrected chi connectivity index (χ2v) is 4.50. The summed E-state index contributed by atoms with van der Waals surface area (Å²) in [6, 6.07) is 14.8. The third-order valence-electron chi connectivity index (χ3n) is 3.03. The quantitative estimate of drug-likeness (QED) is 0.396. The van der Waals surface area contributed by atoms with Gasteiger partial charge >= 0.3 is 6.18 Å². The fraction of sp³-hybridized carbons (Fsp3) is 0.125. The fourth-order valence-electron chi connectivity index (χ4n) is 2.03. The molecule has 0 saturated heterocycles. The Bertz CT molecular complexity index is 688. The molecule has 3 nitrogen and oxygen atoms in total. The van der Waals surface area contributed by atoms with Crippen LogP contribution in [-0.2, 0) is 0 Å². The monoisotopic (exact) mass is 303 g/mol. The lowest BCUT2D eigenvalue weighted by Crippen LogP contribution is -2.12. The van der Waals surface area contributed by atoms with Gasteiger partial charge in [0.25, 0.3) is 0 Å². The van der Waals surface area contributed by atoms with Gasteiger partial charge in [-0.05, 0) is 16.7 Å². The van der Waals surface area contributed by atoms with Gasteiger partial charge in [0.2, 0.25) is 0 Å². The summed E-state index contributed by atoms with van der Waals surface area (Å²) >= 11 is 0. The minimum absolute atomic E-state index is 0.0315. The predicted octanol–water partition coefficient (Wildman–Crippen LogP) is 5.68. The first-order valence-corrected chi connectivity index (χ1v) is 6.46. The van der Waals surface area contributed by atoms with Crippen molar-refractivity contribution in [2.24, 2.45) is 5.11 Å². The van der Waals surface area contributed by atoms with Gasteiger partial charge in [-0.3, -0.25) is 0 Å². The van der Waals surface area contributed by atoms with Gasteiger partial charge in [0.15, 0.2) is 0 Å². The van der Waals surface area contributed by atoms with Crippen LogP contribution in [0.5, 0.6) is 0 Å². The van der Waals surface area contributed by atoms with Crippen molar-refractivity contribution in [1.29, 1.82) is 0 Å². The Morgan fingerprint density at radius 3 is 2.05 bits per heavy atom. The van der Waals surface area contributed by atoms with Crippen molar-refractivity contribution in [3.05, 3.63) is 88.3 Å². The maximum Gasteiger partial charge on any atom is 0.416 e. The van der Waals surface area contributed by atoms with E-state index < -0.39 is 17.8 Å². The summed E-state index contributed by atoms with van der Waals surface area (Å²) in [5.41, 5.74) is 8.34. The zero-order valence-corrected chi connectivity index (χ0v) is 11.4. The van der Waals surface area contributed by atoms with Crippen molar-refractivity contribution < 1.29 is 13.2 Å². The third-order valence-corrected chi connectivity index (χ3v) is 3.03. The summed E-state index contributed by atoms with van der Waals surface area (Å²) in [6.07, 6.45) is -3.59. The Hall–Kier alpha value is -2.72. The first-order valence-electron chi connectivity index (χ1n) is 6.46. The van der Waals surface area contributed by atoms with Gasteiger partial charge in [-0.15, -0.1) is 0 Å². The van der Waals surface area contributed by atoms with E-state index in [1.54, 1.807) is 36.4 Å². The molecule has 0 spiro atoms. The molecule has 0 heterocycles. The van der Waals surface area contributed by atoms with Crippen LogP contribution in [0, 0.1) is 0 Å². The molecule has 2 aromatic rings. The second-order valence-electron chi connectivity index (χ2n) is 4.50. The molecule has 0 aliphatic heterocycles. The van der Waals surface area contributed by atoms with Crippen LogP contribution < -0.4 is 0 Å². The van der Waals surface area contributed by atoms with Gasteiger partial charge in [-0.1, -0.05) is 71.9 Å². The summed E-state index contributed by atoms with van der Waals surface area (Å²) in [5, 5.41) is 3.48. The van der Waals surface area contributed by atoms with E-state index in [4.69, 9.17) is 5.53 Å². The highest BCUT2D eigenvalue weighted by Crippen LogP contribution is 2.36. The zero-order chi connectivity index (χ0) is 16.0. The van der Waals surface area contributed by atoms with Crippen molar-refractivity contribution in [3.8, 4) is 0 Å². The zero-order valence-electron chi connectivity index (χ0n) is 11.4. The topological polar surface area (TPSA) is 48.8 Å². The Balaban J connectivity index is 2.53. The molecule has 1 atom stereocenters. The molecule has 1 unspecified atom stereocenters. The molecular weight excluding hydrogens is 291 g/mol. The SMILES string of the molecule is [N-]=[N+]=NC(/C=C(\c1ccccc1)C(F)(F)F)c1ccccc1. The van der Waals surface area contributed by atoms with Gasteiger partial charge in [0.1, 0.15) is 0 Å². The van der Waals surface area contributed by atoms with E-state index in [-0.39, 0.29) is 5.56 Å². The second kappa shape index (κ2) is 6.83. The van der Waals surface area contributed by atoms with Crippen LogP contribution in [-0.4, -0.2) is 6.18 Å².